The predicted octanol–water partition coefficient (Wildman–Crippen LogP) is 1.96. The number of aromatic nitrogens is 1. The second-order valence-electron chi connectivity index (χ2n) is 5.25. The van der Waals surface area contributed by atoms with Crippen molar-refractivity contribution < 1.29 is 13.7 Å². The van der Waals surface area contributed by atoms with Gasteiger partial charge in [-0.25, -0.2) is 4.98 Å². The Labute approximate surface area is 115 Å². The standard InChI is InChI=1S/C14H17NO3S/c1-18-13-4-2-3-12(15-13)14(16)9-7-10-5-6-11(8-9)19(10)17/h2-4,9-11H,5-8H2,1H3. The van der Waals surface area contributed by atoms with Gasteiger partial charge in [-0.2, -0.15) is 0 Å². The van der Waals surface area contributed by atoms with Crippen LogP contribution in [0.25, 0.3) is 0 Å². The minimum absolute atomic E-state index is 0.0187. The number of Topliss-reactive ketones (excluding diaryl/α,β-unsaturated/α-hetero) is 1. The third-order valence-corrected chi connectivity index (χ3v) is 6.29. The van der Waals surface area contributed by atoms with Gasteiger partial charge in [0.15, 0.2) is 5.78 Å². The molecule has 0 radical (unpaired) electrons. The Morgan fingerprint density at radius 2 is 2.00 bits per heavy atom. The van der Waals surface area contributed by atoms with Gasteiger partial charge in [-0.1, -0.05) is 6.07 Å². The molecule has 3 heterocycles. The SMILES string of the molecule is COc1cccc(C(=O)C2CC3CCC(C2)S3=O)n1. The average Bonchev–Trinajstić information content (AvgIpc) is 2.68. The van der Waals surface area contributed by atoms with Crippen molar-refractivity contribution in [3.8, 4) is 5.88 Å². The van der Waals surface area contributed by atoms with Gasteiger partial charge in [-0.05, 0) is 31.7 Å². The van der Waals surface area contributed by atoms with Crippen LogP contribution in [0.5, 0.6) is 5.88 Å². The summed E-state index contributed by atoms with van der Waals surface area (Å²) in [6.07, 6.45) is 3.51. The van der Waals surface area contributed by atoms with Crippen LogP contribution in [-0.2, 0) is 10.8 Å². The predicted molar refractivity (Wildman–Crippen MR) is 72.8 cm³/mol. The molecule has 2 saturated heterocycles. The second-order valence-corrected chi connectivity index (χ2v) is 7.24. The highest BCUT2D eigenvalue weighted by atomic mass is 32.2. The van der Waals surface area contributed by atoms with Gasteiger partial charge in [0.1, 0.15) is 5.69 Å². The van der Waals surface area contributed by atoms with Crippen LogP contribution in [0.4, 0.5) is 0 Å². The van der Waals surface area contributed by atoms with Crippen molar-refractivity contribution in [1.82, 2.24) is 4.98 Å². The number of pyridine rings is 1. The lowest BCUT2D eigenvalue weighted by molar-refractivity contribution is 0.0900. The Hall–Kier alpha value is -1.23. The number of hydrogen-bond acceptors (Lipinski definition) is 4. The Balaban J connectivity index is 1.79. The number of ketones is 1. The number of hydrogen-bond donors (Lipinski definition) is 0. The number of carbonyl (C=O) groups excluding carboxylic acids is 1. The van der Waals surface area contributed by atoms with Crippen LogP contribution in [0.15, 0.2) is 18.2 Å². The van der Waals surface area contributed by atoms with Gasteiger partial charge in [-0.3, -0.25) is 9.00 Å². The lowest BCUT2D eigenvalue weighted by atomic mass is 9.92. The maximum atomic E-state index is 12.5. The fraction of sp³-hybridized carbons (Fsp3) is 0.571. The number of nitrogens with zero attached hydrogens (tertiary/aromatic N) is 1. The van der Waals surface area contributed by atoms with Crippen LogP contribution in [0.3, 0.4) is 0 Å². The van der Waals surface area contributed by atoms with E-state index in [1.165, 1.54) is 0 Å². The fourth-order valence-electron chi connectivity index (χ4n) is 3.12. The second kappa shape index (κ2) is 5.04. The van der Waals surface area contributed by atoms with Crippen molar-refractivity contribution in [3.05, 3.63) is 23.9 Å². The number of fused-ring (bicyclic) bond motifs is 2. The molecule has 2 fully saturated rings. The quantitative estimate of drug-likeness (QED) is 0.794. The zero-order valence-corrected chi connectivity index (χ0v) is 11.7. The summed E-state index contributed by atoms with van der Waals surface area (Å²) in [7, 11) is 0.827. The number of methoxy groups -OCH3 is 1. The molecule has 2 atom stereocenters. The topological polar surface area (TPSA) is 56.3 Å². The molecule has 2 aliphatic rings. The summed E-state index contributed by atoms with van der Waals surface area (Å²) >= 11 is 0. The van der Waals surface area contributed by atoms with E-state index in [0.29, 0.717) is 11.6 Å². The zero-order chi connectivity index (χ0) is 13.4. The normalized spacial score (nSPS) is 33.1. The Morgan fingerprint density at radius 1 is 1.32 bits per heavy atom. The summed E-state index contributed by atoms with van der Waals surface area (Å²) in [5.41, 5.74) is 0.469. The van der Waals surface area contributed by atoms with Crippen molar-refractivity contribution in [3.63, 3.8) is 0 Å². The third kappa shape index (κ3) is 2.31. The van der Waals surface area contributed by atoms with Gasteiger partial charge >= 0.3 is 0 Å². The molecular weight excluding hydrogens is 262 g/mol. The van der Waals surface area contributed by atoms with Crippen LogP contribution in [0.2, 0.25) is 0 Å². The lowest BCUT2D eigenvalue weighted by Gasteiger charge is -2.25. The van der Waals surface area contributed by atoms with E-state index in [0.717, 1.165) is 25.7 Å². The number of rotatable bonds is 3. The summed E-state index contributed by atoms with van der Waals surface area (Å²) in [5, 5.41) is 0.441. The summed E-state index contributed by atoms with van der Waals surface area (Å²) < 4.78 is 17.0. The molecule has 0 spiro atoms. The highest BCUT2D eigenvalue weighted by molar-refractivity contribution is 7.86. The third-order valence-electron chi connectivity index (χ3n) is 4.12. The summed E-state index contributed by atoms with van der Waals surface area (Å²) in [6.45, 7) is 0. The van der Waals surface area contributed by atoms with Crippen molar-refractivity contribution in [2.24, 2.45) is 5.92 Å². The lowest BCUT2D eigenvalue weighted by Crippen LogP contribution is -2.32. The molecule has 2 aliphatic heterocycles. The maximum Gasteiger partial charge on any atom is 0.213 e. The van der Waals surface area contributed by atoms with Crippen molar-refractivity contribution in [1.29, 1.82) is 0 Å². The van der Waals surface area contributed by atoms with E-state index in [1.807, 2.05) is 0 Å². The van der Waals surface area contributed by atoms with E-state index in [-0.39, 0.29) is 22.2 Å². The van der Waals surface area contributed by atoms with Gasteiger partial charge in [0, 0.05) is 33.3 Å². The molecule has 0 aromatic carbocycles. The maximum absolute atomic E-state index is 12.5. The summed E-state index contributed by atoms with van der Waals surface area (Å²) in [4.78, 5) is 16.7. The largest absolute Gasteiger partial charge is 0.481 e. The van der Waals surface area contributed by atoms with Crippen LogP contribution < -0.4 is 4.74 Å². The molecule has 3 rings (SSSR count). The van der Waals surface area contributed by atoms with Gasteiger partial charge < -0.3 is 4.74 Å². The molecule has 1 aromatic rings. The molecule has 0 aliphatic carbocycles. The van der Waals surface area contributed by atoms with Crippen molar-refractivity contribution in [2.45, 2.75) is 36.2 Å². The van der Waals surface area contributed by atoms with E-state index < -0.39 is 10.8 Å². The van der Waals surface area contributed by atoms with Crippen LogP contribution in [0, 0.1) is 5.92 Å². The van der Waals surface area contributed by atoms with Gasteiger partial charge in [0.05, 0.1) is 7.11 Å². The van der Waals surface area contributed by atoms with Crippen LogP contribution in [0.1, 0.15) is 36.2 Å². The number of carbonyl (C=O) groups is 1. The Kier molecular flexibility index (Phi) is 3.39. The average molecular weight is 279 g/mol. The summed E-state index contributed by atoms with van der Waals surface area (Å²) in [6, 6.07) is 5.25. The highest BCUT2D eigenvalue weighted by Gasteiger charge is 2.43. The first kappa shape index (κ1) is 12.8. The molecule has 0 saturated carbocycles. The zero-order valence-electron chi connectivity index (χ0n) is 10.9. The molecule has 2 bridgehead atoms. The smallest absolute Gasteiger partial charge is 0.213 e. The number of ether oxygens (including phenoxy) is 1. The van der Waals surface area contributed by atoms with Gasteiger partial charge in [0.25, 0.3) is 0 Å². The first-order chi connectivity index (χ1) is 9.19. The molecule has 19 heavy (non-hydrogen) atoms. The van der Waals surface area contributed by atoms with Gasteiger partial charge in [0.2, 0.25) is 5.88 Å². The molecule has 0 amide bonds. The first-order valence-electron chi connectivity index (χ1n) is 6.63. The fourth-order valence-corrected chi connectivity index (χ4v) is 5.25. The van der Waals surface area contributed by atoms with E-state index in [9.17, 15) is 9.00 Å². The molecule has 5 heteroatoms. The molecule has 0 N–H and O–H groups in total. The van der Waals surface area contributed by atoms with E-state index in [4.69, 9.17) is 4.74 Å². The van der Waals surface area contributed by atoms with Gasteiger partial charge in [-0.15, -0.1) is 0 Å². The molecular formula is C14H17NO3S. The van der Waals surface area contributed by atoms with E-state index >= 15 is 0 Å². The molecule has 1 aromatic heterocycles. The van der Waals surface area contributed by atoms with Crippen LogP contribution >= 0.6 is 0 Å². The minimum Gasteiger partial charge on any atom is -0.481 e. The summed E-state index contributed by atoms with van der Waals surface area (Å²) in [5.74, 6) is 0.524. The van der Waals surface area contributed by atoms with E-state index in [2.05, 4.69) is 4.98 Å². The molecule has 102 valence electrons. The highest BCUT2D eigenvalue weighted by Crippen LogP contribution is 2.39. The monoisotopic (exact) mass is 279 g/mol. The van der Waals surface area contributed by atoms with Crippen molar-refractivity contribution >= 4 is 16.6 Å². The minimum atomic E-state index is -0.716. The first-order valence-corrected chi connectivity index (χ1v) is 7.91. The molecule has 2 unspecified atom stereocenters. The van der Waals surface area contributed by atoms with Crippen LogP contribution in [-0.4, -0.2) is 32.6 Å². The Bertz CT molecular complexity index is 515. The Morgan fingerprint density at radius 3 is 2.63 bits per heavy atom. The van der Waals surface area contributed by atoms with Crippen molar-refractivity contribution in [2.75, 3.05) is 7.11 Å². The van der Waals surface area contributed by atoms with E-state index in [1.54, 1.807) is 25.3 Å². The molecule has 4 nitrogen and oxygen atoms in total.